The van der Waals surface area contributed by atoms with Crippen LogP contribution in [-0.2, 0) is 4.79 Å². The summed E-state index contributed by atoms with van der Waals surface area (Å²) in [5.41, 5.74) is 0. The first-order valence-electron chi connectivity index (χ1n) is 3.17. The van der Waals surface area contributed by atoms with E-state index in [0.717, 1.165) is 33.0 Å². The van der Waals surface area contributed by atoms with E-state index in [2.05, 4.69) is 5.32 Å². The lowest BCUT2D eigenvalue weighted by atomic mass is 10.1. The van der Waals surface area contributed by atoms with Crippen LogP contribution in [0.15, 0.2) is 0 Å². The Hall–Kier alpha value is -0.410. The van der Waals surface area contributed by atoms with E-state index in [1.54, 1.807) is 0 Å². The molecular weight excluding hydrogens is 118 g/mol. The molecule has 0 bridgehead atoms. The van der Waals surface area contributed by atoms with Crippen molar-refractivity contribution < 1.29 is 15.2 Å². The molecule has 0 unspecified atom stereocenters. The summed E-state index contributed by atoms with van der Waals surface area (Å²) in [5.74, 6) is 0.433. The maximum atomic E-state index is 10.4. The molecule has 0 amide bonds. The van der Waals surface area contributed by atoms with Gasteiger partial charge < -0.3 is 10.4 Å². The van der Waals surface area contributed by atoms with E-state index in [1.165, 1.54) is 0 Å². The molecule has 1 aliphatic heterocycles. The normalized spacial score (nSPS) is 18.2. The number of hydrogen-bond acceptors (Lipinski definition) is 2. The first kappa shape index (κ1) is 8.59. The molecule has 0 spiro atoms. The second-order valence-corrected chi connectivity index (χ2v) is 1.90. The number of rotatable bonds is 0. The predicted molar refractivity (Wildman–Crippen MR) is 34.0 cm³/mol. The Bertz CT molecular complexity index is 75.1. The minimum Gasteiger partial charge on any atom is -0.400 e. The summed E-state index contributed by atoms with van der Waals surface area (Å²) in [6, 6.07) is 0. The molecule has 1 saturated heterocycles. The topological polar surface area (TPSA) is 53.9 Å². The molecule has 0 aliphatic carbocycles. The summed E-state index contributed by atoms with van der Waals surface area (Å²) in [5, 5.41) is 9.18. The zero-order chi connectivity index (χ0) is 7.11. The van der Waals surface area contributed by atoms with Crippen molar-refractivity contribution in [2.45, 2.75) is 12.8 Å². The van der Waals surface area contributed by atoms with E-state index in [4.69, 9.17) is 5.11 Å². The summed E-state index contributed by atoms with van der Waals surface area (Å²) in [4.78, 5) is 10.4. The first-order chi connectivity index (χ1) is 4.39. The van der Waals surface area contributed by atoms with Gasteiger partial charge in [-0.15, -0.1) is 0 Å². The number of piperidine rings is 1. The number of carbonyl (C=O) groups excluding carboxylic acids is 1. The molecule has 3 nitrogen and oxygen atoms in total. The van der Waals surface area contributed by atoms with Gasteiger partial charge in [0.15, 0.2) is 0 Å². The third-order valence-electron chi connectivity index (χ3n) is 1.25. The van der Waals surface area contributed by atoms with E-state index in [1.807, 2.05) is 0 Å². The van der Waals surface area contributed by atoms with Gasteiger partial charge in [-0.2, -0.15) is 0 Å². The molecule has 54 valence electrons. The van der Waals surface area contributed by atoms with E-state index in [0.29, 0.717) is 5.78 Å². The van der Waals surface area contributed by atoms with Crippen LogP contribution in [0.5, 0.6) is 0 Å². The third-order valence-corrected chi connectivity index (χ3v) is 1.25. The minimum absolute atomic E-state index is 0.433. The van der Waals surface area contributed by atoms with Crippen molar-refractivity contribution in [2.75, 3.05) is 20.2 Å². The second kappa shape index (κ2) is 5.72. The number of aliphatic hydroxyl groups is 1. The average Bonchev–Trinajstić information content (AvgIpc) is 1.94. The van der Waals surface area contributed by atoms with Gasteiger partial charge in [0, 0.05) is 7.11 Å². The van der Waals surface area contributed by atoms with Crippen LogP contribution in [0.4, 0.5) is 0 Å². The van der Waals surface area contributed by atoms with Crippen molar-refractivity contribution in [2.24, 2.45) is 0 Å². The van der Waals surface area contributed by atoms with Gasteiger partial charge in [0.2, 0.25) is 0 Å². The number of Topliss-reactive ketones (excluding diaryl/α,β-unsaturated/α-hetero) is 1. The highest BCUT2D eigenvalue weighted by atomic mass is 16.2. The van der Waals surface area contributed by atoms with Gasteiger partial charge in [-0.1, -0.05) is 0 Å². The molecule has 0 aromatic rings. The molecule has 1 aliphatic rings. The van der Waals surface area contributed by atoms with Crippen LogP contribution in [0.3, 0.4) is 0 Å². The van der Waals surface area contributed by atoms with Crippen molar-refractivity contribution in [3.63, 3.8) is 0 Å². The summed E-state index contributed by atoms with van der Waals surface area (Å²) in [6.07, 6.45) is 1.58. The lowest BCUT2D eigenvalue weighted by Crippen LogP contribution is -2.86. The largest absolute Gasteiger partial charge is 0.400 e. The van der Waals surface area contributed by atoms with Crippen LogP contribution in [0, 0.1) is 0 Å². The van der Waals surface area contributed by atoms with Crippen molar-refractivity contribution >= 4 is 5.78 Å². The Balaban J connectivity index is 0.000000291. The van der Waals surface area contributed by atoms with Crippen molar-refractivity contribution in [3.05, 3.63) is 0 Å². The van der Waals surface area contributed by atoms with Gasteiger partial charge >= 0.3 is 0 Å². The monoisotopic (exact) mass is 132 g/mol. The lowest BCUT2D eigenvalue weighted by Gasteiger charge is -2.04. The Morgan fingerprint density at radius 3 is 2.00 bits per heavy atom. The Morgan fingerprint density at radius 1 is 1.33 bits per heavy atom. The predicted octanol–water partition coefficient (Wildman–Crippen LogP) is -1.48. The second-order valence-electron chi connectivity index (χ2n) is 1.90. The molecule has 1 fully saturated rings. The number of aliphatic hydroxyl groups excluding tert-OH is 1. The highest BCUT2D eigenvalue weighted by Crippen LogP contribution is 1.86. The van der Waals surface area contributed by atoms with Gasteiger partial charge in [-0.25, -0.2) is 0 Å². The molecule has 9 heavy (non-hydrogen) atoms. The maximum absolute atomic E-state index is 10.4. The molecule has 3 N–H and O–H groups in total. The number of nitrogens with two attached hydrogens (primary N) is 1. The average molecular weight is 132 g/mol. The molecule has 0 atom stereocenters. The zero-order valence-electron chi connectivity index (χ0n) is 5.76. The van der Waals surface area contributed by atoms with Crippen LogP contribution >= 0.6 is 0 Å². The summed E-state index contributed by atoms with van der Waals surface area (Å²) in [6.45, 7) is 2.03. The Kier molecular flexibility index (Phi) is 5.46. The van der Waals surface area contributed by atoms with E-state index < -0.39 is 0 Å². The fourth-order valence-corrected chi connectivity index (χ4v) is 0.795. The summed E-state index contributed by atoms with van der Waals surface area (Å²) < 4.78 is 0. The third kappa shape index (κ3) is 4.12. The number of carbonyl (C=O) groups is 1. The lowest BCUT2D eigenvalue weighted by molar-refractivity contribution is -0.656. The molecule has 0 saturated carbocycles. The van der Waals surface area contributed by atoms with Crippen LogP contribution < -0.4 is 5.32 Å². The quantitative estimate of drug-likeness (QED) is 0.422. The maximum Gasteiger partial charge on any atom is 0.144 e. The molecular formula is C6H14NO2+. The van der Waals surface area contributed by atoms with Crippen LogP contribution in [0.25, 0.3) is 0 Å². The van der Waals surface area contributed by atoms with Gasteiger partial charge in [-0.05, 0) is 0 Å². The number of quaternary nitrogens is 1. The van der Waals surface area contributed by atoms with E-state index in [9.17, 15) is 4.79 Å². The molecule has 0 aromatic carbocycles. The van der Waals surface area contributed by atoms with E-state index in [-0.39, 0.29) is 0 Å². The molecule has 0 aromatic heterocycles. The van der Waals surface area contributed by atoms with Gasteiger partial charge in [0.05, 0.1) is 25.9 Å². The standard InChI is InChI=1S/C5H9NO.CH4O/c7-5-1-3-6-4-2-5;1-2/h6H,1-4H2;2H,1H3/p+1. The Labute approximate surface area is 55.1 Å². The number of ketones is 1. The molecule has 1 heterocycles. The minimum atomic E-state index is 0.433. The van der Waals surface area contributed by atoms with Crippen molar-refractivity contribution in [1.82, 2.24) is 0 Å². The molecule has 0 radical (unpaired) electrons. The van der Waals surface area contributed by atoms with Crippen LogP contribution in [0.1, 0.15) is 12.8 Å². The van der Waals surface area contributed by atoms with Crippen molar-refractivity contribution in [3.8, 4) is 0 Å². The zero-order valence-corrected chi connectivity index (χ0v) is 5.76. The number of hydrogen-bond donors (Lipinski definition) is 2. The molecule has 1 rings (SSSR count). The van der Waals surface area contributed by atoms with Gasteiger partial charge in [-0.3, -0.25) is 4.79 Å². The highest BCUT2D eigenvalue weighted by Gasteiger charge is 2.08. The molecule has 3 heteroatoms. The Morgan fingerprint density at radius 2 is 1.78 bits per heavy atom. The van der Waals surface area contributed by atoms with Crippen LogP contribution in [0.2, 0.25) is 0 Å². The SMILES string of the molecule is CO.O=C1CC[NH2+]CC1. The highest BCUT2D eigenvalue weighted by molar-refractivity contribution is 5.78. The van der Waals surface area contributed by atoms with E-state index >= 15 is 0 Å². The summed E-state index contributed by atoms with van der Waals surface area (Å²) in [7, 11) is 1.00. The fourth-order valence-electron chi connectivity index (χ4n) is 0.795. The smallest absolute Gasteiger partial charge is 0.144 e. The first-order valence-corrected chi connectivity index (χ1v) is 3.17. The van der Waals surface area contributed by atoms with Crippen molar-refractivity contribution in [1.29, 1.82) is 0 Å². The van der Waals surface area contributed by atoms with Gasteiger partial charge in [0.1, 0.15) is 5.78 Å². The fraction of sp³-hybridized carbons (Fsp3) is 0.833. The van der Waals surface area contributed by atoms with Crippen LogP contribution in [-0.4, -0.2) is 31.1 Å². The van der Waals surface area contributed by atoms with Gasteiger partial charge in [0.25, 0.3) is 0 Å². The summed E-state index contributed by atoms with van der Waals surface area (Å²) >= 11 is 0.